The average Bonchev–Trinajstić information content (AvgIpc) is 3.23. The van der Waals surface area contributed by atoms with Crippen molar-refractivity contribution < 1.29 is 17.6 Å². The van der Waals surface area contributed by atoms with Gasteiger partial charge in [-0.15, -0.1) is 0 Å². The molecule has 0 aliphatic rings. The zero-order valence-electron chi connectivity index (χ0n) is 14.6. The van der Waals surface area contributed by atoms with Crippen LogP contribution in [0.1, 0.15) is 16.1 Å². The molecule has 0 aliphatic carbocycles. The molecule has 9 heteroatoms. The zero-order chi connectivity index (χ0) is 20.0. The summed E-state index contributed by atoms with van der Waals surface area (Å²) in [7, 11) is -3.65. The molecule has 1 aromatic heterocycles. The van der Waals surface area contributed by atoms with Crippen molar-refractivity contribution in [2.24, 2.45) is 0 Å². The highest BCUT2D eigenvalue weighted by Crippen LogP contribution is 2.14. The predicted molar refractivity (Wildman–Crippen MR) is 109 cm³/mol. The minimum absolute atomic E-state index is 0.0687. The average molecular weight is 415 g/mol. The highest BCUT2D eigenvalue weighted by Gasteiger charge is 2.14. The highest BCUT2D eigenvalue weighted by atomic mass is 32.2. The summed E-state index contributed by atoms with van der Waals surface area (Å²) in [6, 6.07) is 18.4. The number of furan rings is 1. The van der Waals surface area contributed by atoms with Crippen LogP contribution < -0.4 is 15.4 Å². The second-order valence-electron chi connectivity index (χ2n) is 5.72. The Morgan fingerprint density at radius 2 is 1.68 bits per heavy atom. The van der Waals surface area contributed by atoms with E-state index < -0.39 is 15.9 Å². The molecule has 0 radical (unpaired) electrons. The van der Waals surface area contributed by atoms with Crippen LogP contribution >= 0.6 is 12.2 Å². The largest absolute Gasteiger partial charge is 0.459 e. The van der Waals surface area contributed by atoms with Crippen molar-refractivity contribution in [3.05, 3.63) is 84.3 Å². The van der Waals surface area contributed by atoms with Crippen LogP contribution in [0.3, 0.4) is 0 Å². The van der Waals surface area contributed by atoms with Crippen molar-refractivity contribution in [3.8, 4) is 0 Å². The van der Waals surface area contributed by atoms with Gasteiger partial charge in [-0.25, -0.2) is 13.1 Å². The van der Waals surface area contributed by atoms with Gasteiger partial charge in [0, 0.05) is 12.2 Å². The lowest BCUT2D eigenvalue weighted by Gasteiger charge is -2.10. The fraction of sp³-hybridized carbons (Fsp3) is 0.0526. The summed E-state index contributed by atoms with van der Waals surface area (Å²) in [5.74, 6) is -0.345. The molecule has 0 fully saturated rings. The SMILES string of the molecule is O=C(NC(=S)Nc1ccc(S(=O)(=O)NCc2ccccc2)cc1)c1ccco1. The number of carbonyl (C=O) groups is 1. The standard InChI is InChI=1S/C19H17N3O4S2/c23-18(17-7-4-12-26-17)22-19(27)21-15-8-10-16(11-9-15)28(24,25)20-13-14-5-2-1-3-6-14/h1-12,20H,13H2,(H2,21,22,23,27). The summed E-state index contributed by atoms with van der Waals surface area (Å²) in [5.41, 5.74) is 1.40. The third-order valence-corrected chi connectivity index (χ3v) is 5.32. The van der Waals surface area contributed by atoms with Gasteiger partial charge in [0.05, 0.1) is 11.2 Å². The topological polar surface area (TPSA) is 100 Å². The lowest BCUT2D eigenvalue weighted by molar-refractivity contribution is 0.0950. The van der Waals surface area contributed by atoms with Gasteiger partial charge in [0.15, 0.2) is 10.9 Å². The Bertz CT molecular complexity index is 1050. The lowest BCUT2D eigenvalue weighted by Crippen LogP contribution is -2.33. The van der Waals surface area contributed by atoms with E-state index in [-0.39, 0.29) is 22.3 Å². The number of benzene rings is 2. The summed E-state index contributed by atoms with van der Waals surface area (Å²) in [4.78, 5) is 12.0. The third-order valence-electron chi connectivity index (χ3n) is 3.70. The number of thiocarbonyl (C=S) groups is 1. The van der Waals surface area contributed by atoms with Crippen LogP contribution in [0, 0.1) is 0 Å². The first kappa shape index (κ1) is 19.7. The molecule has 7 nitrogen and oxygen atoms in total. The number of carbonyl (C=O) groups excluding carboxylic acids is 1. The molecule has 3 aromatic rings. The van der Waals surface area contributed by atoms with E-state index >= 15 is 0 Å². The van der Waals surface area contributed by atoms with E-state index in [1.807, 2.05) is 30.3 Å². The number of nitrogens with one attached hydrogen (secondary N) is 3. The first-order valence-electron chi connectivity index (χ1n) is 8.23. The summed E-state index contributed by atoms with van der Waals surface area (Å²) in [6.07, 6.45) is 1.39. The molecular formula is C19H17N3O4S2. The van der Waals surface area contributed by atoms with Crippen LogP contribution in [-0.2, 0) is 16.6 Å². The number of rotatable bonds is 6. The molecule has 1 amide bonds. The second kappa shape index (κ2) is 8.79. The zero-order valence-corrected chi connectivity index (χ0v) is 16.2. The molecule has 0 spiro atoms. The van der Waals surface area contributed by atoms with Gasteiger partial charge >= 0.3 is 0 Å². The van der Waals surface area contributed by atoms with Crippen molar-refractivity contribution in [2.45, 2.75) is 11.4 Å². The number of amides is 1. The van der Waals surface area contributed by atoms with Crippen LogP contribution in [0.5, 0.6) is 0 Å². The molecule has 0 bridgehead atoms. The summed E-state index contributed by atoms with van der Waals surface area (Å²) < 4.78 is 32.3. The number of sulfonamides is 1. The van der Waals surface area contributed by atoms with E-state index in [9.17, 15) is 13.2 Å². The summed E-state index contributed by atoms with van der Waals surface area (Å²) in [6.45, 7) is 0.200. The van der Waals surface area contributed by atoms with Crippen LogP contribution in [0.25, 0.3) is 0 Å². The van der Waals surface area contributed by atoms with Gasteiger partial charge < -0.3 is 9.73 Å². The van der Waals surface area contributed by atoms with Gasteiger partial charge in [0.1, 0.15) is 0 Å². The minimum Gasteiger partial charge on any atom is -0.459 e. The van der Waals surface area contributed by atoms with Gasteiger partial charge in [0.25, 0.3) is 5.91 Å². The highest BCUT2D eigenvalue weighted by molar-refractivity contribution is 7.89. The molecule has 2 aromatic carbocycles. The Labute approximate surface area is 167 Å². The van der Waals surface area contributed by atoms with Crippen LogP contribution in [-0.4, -0.2) is 19.4 Å². The smallest absolute Gasteiger partial charge is 0.293 e. The first-order valence-corrected chi connectivity index (χ1v) is 10.1. The quantitative estimate of drug-likeness (QED) is 0.535. The van der Waals surface area contributed by atoms with Crippen LogP contribution in [0.4, 0.5) is 5.69 Å². The maximum Gasteiger partial charge on any atom is 0.293 e. The first-order chi connectivity index (χ1) is 13.4. The molecular weight excluding hydrogens is 398 g/mol. The Hall–Kier alpha value is -3.01. The third kappa shape index (κ3) is 5.26. The molecule has 3 rings (SSSR count). The molecule has 28 heavy (non-hydrogen) atoms. The van der Waals surface area contributed by atoms with Crippen molar-refractivity contribution in [2.75, 3.05) is 5.32 Å². The summed E-state index contributed by atoms with van der Waals surface area (Å²) >= 11 is 5.07. The van der Waals surface area contributed by atoms with Gasteiger partial charge in [-0.2, -0.15) is 0 Å². The molecule has 0 aliphatic heterocycles. The minimum atomic E-state index is -3.65. The molecule has 0 atom stereocenters. The van der Waals surface area contributed by atoms with Crippen molar-refractivity contribution in [1.29, 1.82) is 0 Å². The lowest BCUT2D eigenvalue weighted by atomic mass is 10.2. The van der Waals surface area contributed by atoms with E-state index in [0.717, 1.165) is 5.56 Å². The van der Waals surface area contributed by atoms with E-state index in [0.29, 0.717) is 5.69 Å². The molecule has 3 N–H and O–H groups in total. The normalized spacial score (nSPS) is 11.0. The second-order valence-corrected chi connectivity index (χ2v) is 7.90. The Balaban J connectivity index is 1.58. The van der Waals surface area contributed by atoms with Gasteiger partial charge in [0.2, 0.25) is 10.0 Å². The fourth-order valence-corrected chi connectivity index (χ4v) is 3.54. The van der Waals surface area contributed by atoms with Gasteiger partial charge in [-0.05, 0) is 54.2 Å². The monoisotopic (exact) mass is 415 g/mol. The van der Waals surface area contributed by atoms with Crippen molar-refractivity contribution >= 4 is 38.9 Å². The maximum atomic E-state index is 12.4. The number of anilines is 1. The number of hydrogen-bond donors (Lipinski definition) is 3. The number of hydrogen-bond acceptors (Lipinski definition) is 5. The molecule has 0 saturated carbocycles. The van der Waals surface area contributed by atoms with E-state index in [4.69, 9.17) is 16.6 Å². The van der Waals surface area contributed by atoms with Gasteiger partial charge in [-0.1, -0.05) is 30.3 Å². The van der Waals surface area contributed by atoms with Crippen LogP contribution in [0.2, 0.25) is 0 Å². The van der Waals surface area contributed by atoms with Crippen LogP contribution in [0.15, 0.2) is 82.3 Å². The Morgan fingerprint density at radius 1 is 0.964 bits per heavy atom. The van der Waals surface area contributed by atoms with Gasteiger partial charge in [-0.3, -0.25) is 10.1 Å². The Kier molecular flexibility index (Phi) is 6.19. The molecule has 0 saturated heterocycles. The fourth-order valence-electron chi connectivity index (χ4n) is 2.31. The van der Waals surface area contributed by atoms with Crippen molar-refractivity contribution in [1.82, 2.24) is 10.0 Å². The molecule has 1 heterocycles. The molecule has 0 unspecified atom stereocenters. The maximum absolute atomic E-state index is 12.4. The molecule has 144 valence electrons. The predicted octanol–water partition coefficient (Wildman–Crippen LogP) is 2.88. The van der Waals surface area contributed by atoms with E-state index in [1.165, 1.54) is 24.5 Å². The Morgan fingerprint density at radius 3 is 2.32 bits per heavy atom. The van der Waals surface area contributed by atoms with Crippen molar-refractivity contribution in [3.63, 3.8) is 0 Å². The van der Waals surface area contributed by atoms with E-state index in [1.54, 1.807) is 18.2 Å². The van der Waals surface area contributed by atoms with E-state index in [2.05, 4.69) is 15.4 Å². The summed E-state index contributed by atoms with van der Waals surface area (Å²) in [5, 5.41) is 5.35.